The lowest BCUT2D eigenvalue weighted by atomic mass is 9.98. The average molecular weight is 270 g/mol. The Hall–Kier alpha value is -1.58. The van der Waals surface area contributed by atoms with E-state index in [-0.39, 0.29) is 0 Å². The Balaban J connectivity index is 1.55. The standard InChI is InChI=1S/C17H22N2O/c1-13(9-17-3-2-8-20-17)19-11-14-4-5-15-6-7-18-12-16(15)10-14/h2-5,8,10,13,18-19H,6-7,9,11-12H2,1H3. The van der Waals surface area contributed by atoms with Gasteiger partial charge < -0.3 is 15.1 Å². The van der Waals surface area contributed by atoms with Gasteiger partial charge in [-0.15, -0.1) is 0 Å². The van der Waals surface area contributed by atoms with Crippen LogP contribution in [0.4, 0.5) is 0 Å². The molecule has 0 saturated carbocycles. The number of rotatable bonds is 5. The minimum absolute atomic E-state index is 0.412. The van der Waals surface area contributed by atoms with Gasteiger partial charge in [0.15, 0.2) is 0 Å². The number of nitrogens with one attached hydrogen (secondary N) is 2. The second kappa shape index (κ2) is 6.25. The molecule has 1 aliphatic heterocycles. The predicted molar refractivity (Wildman–Crippen MR) is 80.6 cm³/mol. The predicted octanol–water partition coefficient (Wildman–Crippen LogP) is 2.65. The molecule has 0 spiro atoms. The highest BCUT2D eigenvalue weighted by atomic mass is 16.3. The van der Waals surface area contributed by atoms with Crippen molar-refractivity contribution in [1.82, 2.24) is 10.6 Å². The molecule has 106 valence electrons. The number of benzene rings is 1. The van der Waals surface area contributed by atoms with E-state index in [1.807, 2.05) is 12.1 Å². The van der Waals surface area contributed by atoms with E-state index >= 15 is 0 Å². The number of hydrogen-bond donors (Lipinski definition) is 2. The summed E-state index contributed by atoms with van der Waals surface area (Å²) in [7, 11) is 0. The molecule has 1 aromatic heterocycles. The van der Waals surface area contributed by atoms with Crippen molar-refractivity contribution in [2.45, 2.75) is 38.9 Å². The second-order valence-electron chi connectivity index (χ2n) is 5.60. The lowest BCUT2D eigenvalue weighted by molar-refractivity contribution is 0.456. The Kier molecular flexibility index (Phi) is 4.19. The summed E-state index contributed by atoms with van der Waals surface area (Å²) in [6.07, 6.45) is 3.82. The quantitative estimate of drug-likeness (QED) is 0.877. The van der Waals surface area contributed by atoms with Crippen LogP contribution in [0.5, 0.6) is 0 Å². The maximum Gasteiger partial charge on any atom is 0.105 e. The molecule has 3 heteroatoms. The van der Waals surface area contributed by atoms with E-state index in [1.165, 1.54) is 16.7 Å². The smallest absolute Gasteiger partial charge is 0.105 e. The van der Waals surface area contributed by atoms with E-state index in [9.17, 15) is 0 Å². The third kappa shape index (κ3) is 3.30. The second-order valence-corrected chi connectivity index (χ2v) is 5.60. The van der Waals surface area contributed by atoms with Crippen LogP contribution >= 0.6 is 0 Å². The molecule has 3 rings (SSSR count). The summed E-state index contributed by atoms with van der Waals surface area (Å²) in [4.78, 5) is 0. The topological polar surface area (TPSA) is 37.2 Å². The van der Waals surface area contributed by atoms with Gasteiger partial charge in [-0.2, -0.15) is 0 Å². The summed E-state index contributed by atoms with van der Waals surface area (Å²) in [6, 6.07) is 11.2. The van der Waals surface area contributed by atoms with Gasteiger partial charge in [0.25, 0.3) is 0 Å². The van der Waals surface area contributed by atoms with Gasteiger partial charge in [0.2, 0.25) is 0 Å². The molecule has 1 atom stereocenters. The first-order valence-corrected chi connectivity index (χ1v) is 7.38. The SMILES string of the molecule is CC(Cc1ccco1)NCc1ccc2c(c1)CNCC2. The van der Waals surface area contributed by atoms with E-state index in [0.29, 0.717) is 6.04 Å². The lowest BCUT2D eigenvalue weighted by Gasteiger charge is -2.19. The van der Waals surface area contributed by atoms with Crippen LogP contribution in [0, 0.1) is 0 Å². The first-order valence-electron chi connectivity index (χ1n) is 7.38. The molecule has 0 amide bonds. The molecule has 0 radical (unpaired) electrons. The molecule has 1 unspecified atom stereocenters. The largest absolute Gasteiger partial charge is 0.469 e. The van der Waals surface area contributed by atoms with Crippen LogP contribution in [0.3, 0.4) is 0 Å². The highest BCUT2D eigenvalue weighted by Crippen LogP contribution is 2.16. The van der Waals surface area contributed by atoms with Crippen LogP contribution in [0.1, 0.15) is 29.4 Å². The van der Waals surface area contributed by atoms with Gasteiger partial charge in [0, 0.05) is 25.6 Å². The third-order valence-corrected chi connectivity index (χ3v) is 3.90. The van der Waals surface area contributed by atoms with Gasteiger partial charge in [-0.05, 0) is 48.7 Å². The molecule has 2 N–H and O–H groups in total. The van der Waals surface area contributed by atoms with E-state index in [4.69, 9.17) is 4.42 Å². The molecule has 2 aromatic rings. The number of fused-ring (bicyclic) bond motifs is 1. The fourth-order valence-electron chi connectivity index (χ4n) is 2.74. The third-order valence-electron chi connectivity index (χ3n) is 3.90. The molecule has 0 saturated heterocycles. The summed E-state index contributed by atoms with van der Waals surface area (Å²) in [5, 5.41) is 6.99. The maximum absolute atomic E-state index is 5.38. The monoisotopic (exact) mass is 270 g/mol. The molecule has 20 heavy (non-hydrogen) atoms. The molecule has 1 aromatic carbocycles. The van der Waals surface area contributed by atoms with Crippen LogP contribution in [0.15, 0.2) is 41.0 Å². The summed E-state index contributed by atoms with van der Waals surface area (Å²) in [5.41, 5.74) is 4.31. The van der Waals surface area contributed by atoms with Crippen molar-refractivity contribution < 1.29 is 4.42 Å². The zero-order valence-corrected chi connectivity index (χ0v) is 12.0. The zero-order chi connectivity index (χ0) is 13.8. The molecule has 0 fully saturated rings. The van der Waals surface area contributed by atoms with E-state index in [2.05, 4.69) is 35.8 Å². The molecular formula is C17H22N2O. The first-order chi connectivity index (χ1) is 9.81. The van der Waals surface area contributed by atoms with Crippen molar-refractivity contribution in [2.75, 3.05) is 6.54 Å². The van der Waals surface area contributed by atoms with Crippen molar-refractivity contribution >= 4 is 0 Å². The van der Waals surface area contributed by atoms with Gasteiger partial charge in [-0.1, -0.05) is 18.2 Å². The highest BCUT2D eigenvalue weighted by Gasteiger charge is 2.10. The van der Waals surface area contributed by atoms with E-state index < -0.39 is 0 Å². The van der Waals surface area contributed by atoms with Crippen LogP contribution in [0.25, 0.3) is 0 Å². The minimum Gasteiger partial charge on any atom is -0.469 e. The highest BCUT2D eigenvalue weighted by molar-refractivity contribution is 5.33. The molecular weight excluding hydrogens is 248 g/mol. The van der Waals surface area contributed by atoms with Gasteiger partial charge in [-0.25, -0.2) is 0 Å². The number of furan rings is 1. The van der Waals surface area contributed by atoms with Gasteiger partial charge in [0.1, 0.15) is 5.76 Å². The first kappa shape index (κ1) is 13.4. The normalized spacial score (nSPS) is 15.8. The van der Waals surface area contributed by atoms with Gasteiger partial charge in [0.05, 0.1) is 6.26 Å². The molecule has 3 nitrogen and oxygen atoms in total. The van der Waals surface area contributed by atoms with Crippen molar-refractivity contribution in [3.05, 3.63) is 59.0 Å². The minimum atomic E-state index is 0.412. The Morgan fingerprint density at radius 3 is 3.10 bits per heavy atom. The van der Waals surface area contributed by atoms with Gasteiger partial charge >= 0.3 is 0 Å². The summed E-state index contributed by atoms with van der Waals surface area (Å²) >= 11 is 0. The van der Waals surface area contributed by atoms with Crippen LogP contribution < -0.4 is 10.6 Å². The van der Waals surface area contributed by atoms with Crippen molar-refractivity contribution in [1.29, 1.82) is 0 Å². The lowest BCUT2D eigenvalue weighted by Crippen LogP contribution is -2.28. The Labute approximate surface area is 120 Å². The van der Waals surface area contributed by atoms with E-state index in [1.54, 1.807) is 6.26 Å². The van der Waals surface area contributed by atoms with Crippen molar-refractivity contribution in [3.63, 3.8) is 0 Å². The van der Waals surface area contributed by atoms with E-state index in [0.717, 1.165) is 38.2 Å². The Morgan fingerprint density at radius 2 is 2.25 bits per heavy atom. The zero-order valence-electron chi connectivity index (χ0n) is 12.0. The summed E-state index contributed by atoms with van der Waals surface area (Å²) < 4.78 is 5.38. The van der Waals surface area contributed by atoms with Crippen molar-refractivity contribution in [3.8, 4) is 0 Å². The average Bonchev–Trinajstić information content (AvgIpc) is 2.98. The Morgan fingerprint density at radius 1 is 1.30 bits per heavy atom. The molecule has 0 bridgehead atoms. The summed E-state index contributed by atoms with van der Waals surface area (Å²) in [5.74, 6) is 1.04. The van der Waals surface area contributed by atoms with Crippen LogP contribution in [-0.4, -0.2) is 12.6 Å². The fraction of sp³-hybridized carbons (Fsp3) is 0.412. The van der Waals surface area contributed by atoms with Crippen molar-refractivity contribution in [2.24, 2.45) is 0 Å². The fourth-order valence-corrected chi connectivity index (χ4v) is 2.74. The van der Waals surface area contributed by atoms with Gasteiger partial charge in [-0.3, -0.25) is 0 Å². The number of hydrogen-bond acceptors (Lipinski definition) is 3. The van der Waals surface area contributed by atoms with Crippen LogP contribution in [-0.2, 0) is 25.9 Å². The van der Waals surface area contributed by atoms with Crippen LogP contribution in [0.2, 0.25) is 0 Å². The Bertz CT molecular complexity index is 548. The molecule has 1 aliphatic rings. The molecule has 0 aliphatic carbocycles. The molecule has 2 heterocycles. The summed E-state index contributed by atoms with van der Waals surface area (Å²) in [6.45, 7) is 5.22. The maximum atomic E-state index is 5.38.